The minimum absolute atomic E-state index is 0.0208. The molecule has 0 radical (unpaired) electrons. The first-order valence-electron chi connectivity index (χ1n) is 5.51. The number of aromatic nitrogens is 1. The summed E-state index contributed by atoms with van der Waals surface area (Å²) >= 11 is 5.80. The lowest BCUT2D eigenvalue weighted by molar-refractivity contribution is -0.138. The second-order valence-corrected chi connectivity index (χ2v) is 4.39. The number of ether oxygens (including phenoxy) is 1. The summed E-state index contributed by atoms with van der Waals surface area (Å²) in [6.07, 6.45) is -3.47. The number of hydrogen-bond donors (Lipinski definition) is 1. The van der Waals surface area contributed by atoms with Crippen LogP contribution < -0.4 is 10.5 Å². The Kier molecular flexibility index (Phi) is 3.91. The third kappa shape index (κ3) is 3.35. The highest BCUT2D eigenvalue weighted by molar-refractivity contribution is 6.32. The lowest BCUT2D eigenvalue weighted by Crippen LogP contribution is -2.08. The predicted molar refractivity (Wildman–Crippen MR) is 69.9 cm³/mol. The number of nitriles is 1. The summed E-state index contributed by atoms with van der Waals surface area (Å²) in [5.74, 6) is -0.707. The summed E-state index contributed by atoms with van der Waals surface area (Å²) < 4.78 is 44.0. The fourth-order valence-electron chi connectivity index (χ4n) is 1.53. The standard InChI is InChI=1S/C13H7ClF3N3O/c14-10-4-8(19)6-20-12(10)21-11-2-1-7(5-18)3-9(11)13(15,16)17/h1-4,6H,19H2. The van der Waals surface area contributed by atoms with Crippen molar-refractivity contribution in [3.8, 4) is 17.7 Å². The number of hydrogen-bond acceptors (Lipinski definition) is 4. The number of nitrogens with two attached hydrogens (primary N) is 1. The Bertz CT molecular complexity index is 726. The maximum atomic E-state index is 13.0. The van der Waals surface area contributed by atoms with E-state index in [1.165, 1.54) is 18.3 Å². The topological polar surface area (TPSA) is 71.9 Å². The van der Waals surface area contributed by atoms with Crippen molar-refractivity contribution in [1.29, 1.82) is 5.26 Å². The zero-order valence-corrected chi connectivity index (χ0v) is 11.0. The van der Waals surface area contributed by atoms with Crippen LogP contribution in [0.15, 0.2) is 30.5 Å². The number of alkyl halides is 3. The van der Waals surface area contributed by atoms with Gasteiger partial charge in [0.2, 0.25) is 5.88 Å². The highest BCUT2D eigenvalue weighted by Crippen LogP contribution is 2.39. The van der Waals surface area contributed by atoms with Gasteiger partial charge in [-0.1, -0.05) is 11.6 Å². The molecular weight excluding hydrogens is 307 g/mol. The minimum Gasteiger partial charge on any atom is -0.437 e. The number of nitrogen functional groups attached to an aromatic ring is 1. The van der Waals surface area contributed by atoms with Gasteiger partial charge in [0.1, 0.15) is 10.8 Å². The molecule has 0 atom stereocenters. The lowest BCUT2D eigenvalue weighted by Gasteiger charge is -2.14. The zero-order valence-electron chi connectivity index (χ0n) is 10.3. The quantitative estimate of drug-likeness (QED) is 0.909. The summed E-state index contributed by atoms with van der Waals surface area (Å²) in [5.41, 5.74) is 4.47. The third-order valence-corrected chi connectivity index (χ3v) is 2.72. The van der Waals surface area contributed by atoms with Crippen LogP contribution in [0.1, 0.15) is 11.1 Å². The highest BCUT2D eigenvalue weighted by atomic mass is 35.5. The molecule has 1 aromatic carbocycles. The van der Waals surface area contributed by atoms with Crippen LogP contribution in [-0.2, 0) is 6.18 Å². The fraction of sp³-hybridized carbons (Fsp3) is 0.0769. The maximum Gasteiger partial charge on any atom is 0.420 e. The van der Waals surface area contributed by atoms with Crippen molar-refractivity contribution in [3.63, 3.8) is 0 Å². The van der Waals surface area contributed by atoms with Gasteiger partial charge in [-0.25, -0.2) is 4.98 Å². The van der Waals surface area contributed by atoms with Crippen LogP contribution in [-0.4, -0.2) is 4.98 Å². The monoisotopic (exact) mass is 313 g/mol. The van der Waals surface area contributed by atoms with Crippen LogP contribution >= 0.6 is 11.6 Å². The second kappa shape index (κ2) is 5.50. The average Bonchev–Trinajstić information content (AvgIpc) is 2.41. The van der Waals surface area contributed by atoms with Crippen LogP contribution in [0.2, 0.25) is 5.02 Å². The molecule has 4 nitrogen and oxygen atoms in total. The summed E-state index contributed by atoms with van der Waals surface area (Å²) in [5, 5.41) is 8.66. The van der Waals surface area contributed by atoms with Crippen molar-refractivity contribution >= 4 is 17.3 Å². The molecule has 0 saturated carbocycles. The van der Waals surface area contributed by atoms with E-state index in [0.717, 1.165) is 6.07 Å². The Labute approximate surface area is 122 Å². The largest absolute Gasteiger partial charge is 0.437 e. The van der Waals surface area contributed by atoms with Gasteiger partial charge in [-0.3, -0.25) is 0 Å². The molecule has 0 amide bonds. The molecule has 2 N–H and O–H groups in total. The molecule has 108 valence electrons. The molecule has 21 heavy (non-hydrogen) atoms. The van der Waals surface area contributed by atoms with E-state index < -0.39 is 17.5 Å². The Balaban J connectivity index is 2.47. The van der Waals surface area contributed by atoms with Crippen LogP contribution in [0.4, 0.5) is 18.9 Å². The highest BCUT2D eigenvalue weighted by Gasteiger charge is 2.35. The molecule has 0 aliphatic heterocycles. The minimum atomic E-state index is -4.68. The maximum absolute atomic E-state index is 13.0. The first kappa shape index (κ1) is 14.9. The van der Waals surface area contributed by atoms with E-state index in [1.54, 1.807) is 6.07 Å². The van der Waals surface area contributed by atoms with Crippen LogP contribution in [0.5, 0.6) is 11.6 Å². The number of halogens is 4. The lowest BCUT2D eigenvalue weighted by atomic mass is 10.1. The van der Waals surface area contributed by atoms with Gasteiger partial charge in [0.05, 0.1) is 29.1 Å². The van der Waals surface area contributed by atoms with Gasteiger partial charge in [0.15, 0.2) is 0 Å². The van der Waals surface area contributed by atoms with Gasteiger partial charge < -0.3 is 10.5 Å². The van der Waals surface area contributed by atoms with Crippen LogP contribution in [0.25, 0.3) is 0 Å². The molecule has 2 rings (SSSR count). The summed E-state index contributed by atoms with van der Waals surface area (Å²) in [6, 6.07) is 5.88. The first-order chi connectivity index (χ1) is 9.81. The van der Waals surface area contributed by atoms with Gasteiger partial charge in [-0.15, -0.1) is 0 Å². The van der Waals surface area contributed by atoms with E-state index in [-0.39, 0.29) is 22.2 Å². The van der Waals surface area contributed by atoms with Gasteiger partial charge >= 0.3 is 6.18 Å². The smallest absolute Gasteiger partial charge is 0.420 e. The second-order valence-electron chi connectivity index (χ2n) is 3.98. The van der Waals surface area contributed by atoms with Gasteiger partial charge in [-0.05, 0) is 24.3 Å². The molecule has 2 aromatic rings. The van der Waals surface area contributed by atoms with Crippen molar-refractivity contribution in [2.75, 3.05) is 5.73 Å². The van der Waals surface area contributed by atoms with Crippen LogP contribution in [0, 0.1) is 11.3 Å². The zero-order chi connectivity index (χ0) is 15.6. The van der Waals surface area contributed by atoms with E-state index in [2.05, 4.69) is 4.98 Å². The summed E-state index contributed by atoms with van der Waals surface area (Å²) in [6.45, 7) is 0. The van der Waals surface area contributed by atoms with Gasteiger partial charge in [-0.2, -0.15) is 18.4 Å². The Morgan fingerprint density at radius 3 is 2.57 bits per heavy atom. The van der Waals surface area contributed by atoms with E-state index in [9.17, 15) is 13.2 Å². The van der Waals surface area contributed by atoms with E-state index in [0.29, 0.717) is 6.07 Å². The molecule has 0 saturated heterocycles. The van der Waals surface area contributed by atoms with E-state index in [1.807, 2.05) is 0 Å². The summed E-state index contributed by atoms with van der Waals surface area (Å²) in [7, 11) is 0. The normalized spacial score (nSPS) is 11.0. The number of anilines is 1. The van der Waals surface area contributed by atoms with Crippen molar-refractivity contribution < 1.29 is 17.9 Å². The van der Waals surface area contributed by atoms with Crippen molar-refractivity contribution in [3.05, 3.63) is 46.6 Å². The number of rotatable bonds is 2. The van der Waals surface area contributed by atoms with E-state index in [4.69, 9.17) is 27.3 Å². The molecule has 1 aromatic heterocycles. The predicted octanol–water partition coefficient (Wildman–Crippen LogP) is 4.00. The number of nitrogens with zero attached hydrogens (tertiary/aromatic N) is 2. The molecule has 0 unspecified atom stereocenters. The van der Waals surface area contributed by atoms with Crippen molar-refractivity contribution in [2.24, 2.45) is 0 Å². The SMILES string of the molecule is N#Cc1ccc(Oc2ncc(N)cc2Cl)c(C(F)(F)F)c1. The molecule has 0 fully saturated rings. The first-order valence-corrected chi connectivity index (χ1v) is 5.89. The van der Waals surface area contributed by atoms with Gasteiger partial charge in [0, 0.05) is 0 Å². The number of pyridine rings is 1. The molecule has 0 spiro atoms. The Morgan fingerprint density at radius 2 is 2.00 bits per heavy atom. The third-order valence-electron chi connectivity index (χ3n) is 2.45. The molecule has 1 heterocycles. The molecule has 0 bridgehead atoms. The molecular formula is C13H7ClF3N3O. The average molecular weight is 314 g/mol. The summed E-state index contributed by atoms with van der Waals surface area (Å²) in [4.78, 5) is 3.73. The van der Waals surface area contributed by atoms with Crippen molar-refractivity contribution in [1.82, 2.24) is 4.98 Å². The molecule has 0 aliphatic carbocycles. The Morgan fingerprint density at radius 1 is 1.29 bits per heavy atom. The molecule has 0 aliphatic rings. The van der Waals surface area contributed by atoms with Crippen LogP contribution in [0.3, 0.4) is 0 Å². The number of benzene rings is 1. The van der Waals surface area contributed by atoms with E-state index >= 15 is 0 Å². The van der Waals surface area contributed by atoms with Gasteiger partial charge in [0.25, 0.3) is 0 Å². The fourth-order valence-corrected chi connectivity index (χ4v) is 1.74. The van der Waals surface area contributed by atoms with Crippen molar-refractivity contribution in [2.45, 2.75) is 6.18 Å². The Hall–Kier alpha value is -2.46. The molecule has 8 heteroatoms.